The number of nitrogens with zero attached hydrogens (tertiary/aromatic N) is 2. The summed E-state index contributed by atoms with van der Waals surface area (Å²) in [7, 11) is 0. The van der Waals surface area contributed by atoms with Gasteiger partial charge in [-0.3, -0.25) is 4.79 Å². The van der Waals surface area contributed by atoms with E-state index in [4.69, 9.17) is 16.3 Å². The number of nitrogens with one attached hydrogen (secondary N) is 1. The van der Waals surface area contributed by atoms with Gasteiger partial charge in [0, 0.05) is 16.7 Å². The second-order valence-corrected chi connectivity index (χ2v) is 6.41. The van der Waals surface area contributed by atoms with Gasteiger partial charge in [0.15, 0.2) is 5.75 Å². The van der Waals surface area contributed by atoms with Crippen molar-refractivity contribution in [2.45, 2.75) is 13.0 Å². The lowest BCUT2D eigenvalue weighted by Crippen LogP contribution is -2.24. The summed E-state index contributed by atoms with van der Waals surface area (Å²) in [5.41, 5.74) is 1.14. The fourth-order valence-electron chi connectivity index (χ4n) is 2.47. The van der Waals surface area contributed by atoms with Crippen LogP contribution in [0.5, 0.6) is 11.5 Å². The van der Waals surface area contributed by atoms with Crippen LogP contribution in [0.25, 0.3) is 6.08 Å². The highest BCUT2D eigenvalue weighted by Crippen LogP contribution is 2.23. The zero-order valence-corrected chi connectivity index (χ0v) is 15.7. The topological polar surface area (TPSA) is 64.1 Å². The number of ether oxygens (including phenoxy) is 1. The van der Waals surface area contributed by atoms with Crippen molar-refractivity contribution in [3.05, 3.63) is 89.2 Å². The lowest BCUT2D eigenvalue weighted by atomic mass is 10.1. The standard InChI is InChI=1S/C21H17ClFN3O2/c1-14(26-21(27)8-6-15-5-7-17(22)10-20(15)23)16-3-2-4-18(9-16)28-19-11-24-13-25-12-19/h2-14H,1H3,(H,26,27)/t14-/m0/s1. The fraction of sp³-hybridized carbons (Fsp3) is 0.0952. The molecule has 0 saturated carbocycles. The number of rotatable bonds is 6. The van der Waals surface area contributed by atoms with Crippen LogP contribution in [0.4, 0.5) is 4.39 Å². The number of amides is 1. The molecule has 0 spiro atoms. The molecule has 3 rings (SSSR count). The molecule has 0 aliphatic rings. The zero-order chi connectivity index (χ0) is 19.9. The third-order valence-electron chi connectivity index (χ3n) is 3.87. The summed E-state index contributed by atoms with van der Waals surface area (Å²) < 4.78 is 19.5. The minimum Gasteiger partial charge on any atom is -0.454 e. The van der Waals surface area contributed by atoms with Crippen LogP contribution in [0, 0.1) is 5.82 Å². The lowest BCUT2D eigenvalue weighted by Gasteiger charge is -2.14. The van der Waals surface area contributed by atoms with E-state index in [2.05, 4.69) is 15.3 Å². The second-order valence-electron chi connectivity index (χ2n) is 5.98. The van der Waals surface area contributed by atoms with Crippen molar-refractivity contribution in [3.8, 4) is 11.5 Å². The first-order valence-corrected chi connectivity index (χ1v) is 8.85. The molecule has 1 heterocycles. The highest BCUT2D eigenvalue weighted by atomic mass is 35.5. The average molecular weight is 398 g/mol. The van der Waals surface area contributed by atoms with E-state index in [-0.39, 0.29) is 17.5 Å². The molecule has 0 saturated heterocycles. The van der Waals surface area contributed by atoms with E-state index >= 15 is 0 Å². The van der Waals surface area contributed by atoms with E-state index in [0.29, 0.717) is 16.5 Å². The molecule has 0 aliphatic heterocycles. The molecule has 1 atom stereocenters. The molecule has 0 bridgehead atoms. The predicted octanol–water partition coefficient (Wildman–Crippen LogP) is 4.95. The van der Waals surface area contributed by atoms with E-state index < -0.39 is 5.82 Å². The maximum absolute atomic E-state index is 13.8. The minimum absolute atomic E-state index is 0.275. The van der Waals surface area contributed by atoms with Gasteiger partial charge in [-0.1, -0.05) is 29.8 Å². The number of aromatic nitrogens is 2. The van der Waals surface area contributed by atoms with Crippen molar-refractivity contribution in [1.29, 1.82) is 0 Å². The van der Waals surface area contributed by atoms with E-state index in [1.807, 2.05) is 25.1 Å². The molecule has 5 nitrogen and oxygen atoms in total. The summed E-state index contributed by atoms with van der Waals surface area (Å²) >= 11 is 5.72. The van der Waals surface area contributed by atoms with E-state index in [9.17, 15) is 9.18 Å². The van der Waals surface area contributed by atoms with Gasteiger partial charge < -0.3 is 10.1 Å². The Balaban J connectivity index is 1.63. The van der Waals surface area contributed by atoms with Gasteiger partial charge in [-0.2, -0.15) is 0 Å². The van der Waals surface area contributed by atoms with Gasteiger partial charge in [-0.05, 0) is 42.8 Å². The van der Waals surface area contributed by atoms with Crippen LogP contribution in [0.3, 0.4) is 0 Å². The van der Waals surface area contributed by atoms with Gasteiger partial charge in [0.2, 0.25) is 5.91 Å². The predicted molar refractivity (Wildman–Crippen MR) is 106 cm³/mol. The van der Waals surface area contributed by atoms with Gasteiger partial charge in [0.05, 0.1) is 18.4 Å². The Labute approximate surface area is 166 Å². The van der Waals surface area contributed by atoms with Crippen LogP contribution in [-0.2, 0) is 4.79 Å². The summed E-state index contributed by atoms with van der Waals surface area (Å²) in [6, 6.07) is 11.3. The highest BCUT2D eigenvalue weighted by Gasteiger charge is 2.09. The molecule has 142 valence electrons. The van der Waals surface area contributed by atoms with Gasteiger partial charge in [-0.25, -0.2) is 14.4 Å². The molecular formula is C21H17ClFN3O2. The smallest absolute Gasteiger partial charge is 0.244 e. The fourth-order valence-corrected chi connectivity index (χ4v) is 2.63. The molecule has 0 unspecified atom stereocenters. The Hall–Kier alpha value is -3.25. The van der Waals surface area contributed by atoms with Gasteiger partial charge >= 0.3 is 0 Å². The Morgan fingerprint density at radius 1 is 1.18 bits per heavy atom. The van der Waals surface area contributed by atoms with Crippen LogP contribution in [0.2, 0.25) is 5.02 Å². The van der Waals surface area contributed by atoms with Crippen LogP contribution < -0.4 is 10.1 Å². The third-order valence-corrected chi connectivity index (χ3v) is 4.10. The van der Waals surface area contributed by atoms with Crippen LogP contribution in [-0.4, -0.2) is 15.9 Å². The van der Waals surface area contributed by atoms with Gasteiger partial charge in [0.25, 0.3) is 0 Å². The maximum Gasteiger partial charge on any atom is 0.244 e. The normalized spacial score (nSPS) is 12.0. The molecule has 2 aromatic carbocycles. The number of hydrogen-bond donors (Lipinski definition) is 1. The first-order chi connectivity index (χ1) is 13.5. The Morgan fingerprint density at radius 2 is 1.96 bits per heavy atom. The van der Waals surface area contributed by atoms with Crippen molar-refractivity contribution in [1.82, 2.24) is 15.3 Å². The number of carbonyl (C=O) groups excluding carboxylic acids is 1. The van der Waals surface area contributed by atoms with Crippen molar-refractivity contribution in [2.75, 3.05) is 0 Å². The number of hydrogen-bond acceptors (Lipinski definition) is 4. The summed E-state index contributed by atoms with van der Waals surface area (Å²) in [6.07, 6.45) is 7.23. The number of carbonyl (C=O) groups is 1. The van der Waals surface area contributed by atoms with Gasteiger partial charge in [0.1, 0.15) is 17.9 Å². The molecule has 28 heavy (non-hydrogen) atoms. The highest BCUT2D eigenvalue weighted by molar-refractivity contribution is 6.30. The summed E-state index contributed by atoms with van der Waals surface area (Å²) in [5, 5.41) is 3.14. The lowest BCUT2D eigenvalue weighted by molar-refractivity contribution is -0.117. The van der Waals surface area contributed by atoms with Crippen LogP contribution >= 0.6 is 11.6 Å². The maximum atomic E-state index is 13.8. The summed E-state index contributed by atoms with van der Waals surface area (Å²) in [4.78, 5) is 20.0. The molecular weight excluding hydrogens is 381 g/mol. The Kier molecular flexibility index (Phi) is 6.34. The summed E-state index contributed by atoms with van der Waals surface area (Å²) in [5.74, 6) is 0.292. The molecule has 0 aliphatic carbocycles. The van der Waals surface area contributed by atoms with Crippen molar-refractivity contribution in [3.63, 3.8) is 0 Å². The molecule has 0 radical (unpaired) electrons. The monoisotopic (exact) mass is 397 g/mol. The third kappa shape index (κ3) is 5.37. The van der Waals surface area contributed by atoms with Crippen molar-refractivity contribution >= 4 is 23.6 Å². The Morgan fingerprint density at radius 3 is 2.71 bits per heavy atom. The molecule has 1 N–H and O–H groups in total. The van der Waals surface area contributed by atoms with Crippen LogP contribution in [0.15, 0.2) is 67.3 Å². The second kappa shape index (κ2) is 9.10. The average Bonchev–Trinajstić information content (AvgIpc) is 2.68. The molecule has 1 amide bonds. The van der Waals surface area contributed by atoms with Gasteiger partial charge in [-0.15, -0.1) is 0 Å². The number of benzene rings is 2. The quantitative estimate of drug-likeness (QED) is 0.597. The van der Waals surface area contributed by atoms with E-state index in [1.54, 1.807) is 24.5 Å². The minimum atomic E-state index is -0.487. The Bertz CT molecular complexity index is 996. The SMILES string of the molecule is C[C@H](NC(=O)C=Cc1ccc(Cl)cc1F)c1cccc(Oc2cncnc2)c1. The zero-order valence-electron chi connectivity index (χ0n) is 15.0. The largest absolute Gasteiger partial charge is 0.454 e. The first kappa shape index (κ1) is 19.5. The molecule has 1 aromatic heterocycles. The first-order valence-electron chi connectivity index (χ1n) is 8.48. The number of halogens is 2. The van der Waals surface area contributed by atoms with Crippen LogP contribution in [0.1, 0.15) is 24.1 Å². The van der Waals surface area contributed by atoms with Crippen molar-refractivity contribution < 1.29 is 13.9 Å². The van der Waals surface area contributed by atoms with Crippen molar-refractivity contribution in [2.24, 2.45) is 0 Å². The van der Waals surface area contributed by atoms with E-state index in [1.165, 1.54) is 30.6 Å². The summed E-state index contributed by atoms with van der Waals surface area (Å²) in [6.45, 7) is 1.85. The molecule has 0 fully saturated rings. The molecule has 7 heteroatoms. The molecule has 3 aromatic rings. The van der Waals surface area contributed by atoms with E-state index in [0.717, 1.165) is 5.56 Å².